The van der Waals surface area contributed by atoms with E-state index in [1.54, 1.807) is 17.0 Å². The number of hydrogen-bond donors (Lipinski definition) is 0. The molecule has 0 unspecified atom stereocenters. The molecule has 2 aromatic carbocycles. The SMILES string of the molecule is O=C(c1cc(S(=O)(=O)N2CCCC2)ccc1Br)N1CCc2ccccc21. The van der Waals surface area contributed by atoms with Crippen LogP contribution < -0.4 is 4.90 Å². The minimum Gasteiger partial charge on any atom is -0.308 e. The van der Waals surface area contributed by atoms with Crippen molar-refractivity contribution in [2.24, 2.45) is 0 Å². The molecule has 0 saturated carbocycles. The van der Waals surface area contributed by atoms with E-state index < -0.39 is 10.0 Å². The summed E-state index contributed by atoms with van der Waals surface area (Å²) in [5.41, 5.74) is 2.41. The van der Waals surface area contributed by atoms with Gasteiger partial charge in [0.15, 0.2) is 0 Å². The summed E-state index contributed by atoms with van der Waals surface area (Å²) in [6.07, 6.45) is 2.57. The molecule has 2 aromatic rings. The van der Waals surface area contributed by atoms with Gasteiger partial charge >= 0.3 is 0 Å². The Bertz CT molecular complexity index is 968. The van der Waals surface area contributed by atoms with Crippen LogP contribution in [0, 0.1) is 0 Å². The number of carbonyl (C=O) groups is 1. The minimum atomic E-state index is -3.55. The third-order valence-corrected chi connectivity index (χ3v) is 7.59. The number of hydrogen-bond acceptors (Lipinski definition) is 3. The lowest BCUT2D eigenvalue weighted by molar-refractivity contribution is 0.0988. The monoisotopic (exact) mass is 434 g/mol. The fraction of sp³-hybridized carbons (Fsp3) is 0.316. The van der Waals surface area contributed by atoms with E-state index in [1.807, 2.05) is 24.3 Å². The second-order valence-electron chi connectivity index (χ2n) is 6.59. The molecule has 1 saturated heterocycles. The fourth-order valence-corrected chi connectivity index (χ4v) is 5.56. The van der Waals surface area contributed by atoms with E-state index in [9.17, 15) is 13.2 Å². The van der Waals surface area contributed by atoms with Crippen molar-refractivity contribution in [2.75, 3.05) is 24.5 Å². The number of halogens is 1. The van der Waals surface area contributed by atoms with E-state index in [1.165, 1.54) is 10.4 Å². The van der Waals surface area contributed by atoms with Crippen molar-refractivity contribution in [2.45, 2.75) is 24.2 Å². The first-order chi connectivity index (χ1) is 12.5. The van der Waals surface area contributed by atoms with Crippen LogP contribution in [0.3, 0.4) is 0 Å². The number of carbonyl (C=O) groups excluding carboxylic acids is 1. The Labute approximate surface area is 161 Å². The van der Waals surface area contributed by atoms with Crippen molar-refractivity contribution in [3.8, 4) is 0 Å². The Morgan fingerprint density at radius 3 is 2.50 bits per heavy atom. The van der Waals surface area contributed by atoms with Crippen LogP contribution in [0.15, 0.2) is 51.8 Å². The van der Waals surface area contributed by atoms with Gasteiger partial charge in [-0.3, -0.25) is 4.79 Å². The lowest BCUT2D eigenvalue weighted by Gasteiger charge is -2.20. The highest BCUT2D eigenvalue weighted by molar-refractivity contribution is 9.10. The Balaban J connectivity index is 1.70. The second kappa shape index (κ2) is 6.79. The van der Waals surface area contributed by atoms with Crippen LogP contribution in [0.4, 0.5) is 5.69 Å². The topological polar surface area (TPSA) is 57.7 Å². The zero-order valence-electron chi connectivity index (χ0n) is 14.2. The number of benzene rings is 2. The number of fused-ring (bicyclic) bond motifs is 1. The van der Waals surface area contributed by atoms with Gasteiger partial charge in [0.1, 0.15) is 0 Å². The molecule has 7 heteroatoms. The molecule has 4 rings (SSSR count). The predicted molar refractivity (Wildman–Crippen MR) is 104 cm³/mol. The summed E-state index contributed by atoms with van der Waals surface area (Å²) in [7, 11) is -3.55. The highest BCUT2D eigenvalue weighted by Gasteiger charge is 2.30. The van der Waals surface area contributed by atoms with Crippen molar-refractivity contribution >= 4 is 37.5 Å². The molecule has 2 aliphatic heterocycles. The van der Waals surface area contributed by atoms with Crippen molar-refractivity contribution in [3.63, 3.8) is 0 Å². The van der Waals surface area contributed by atoms with E-state index >= 15 is 0 Å². The molecule has 2 aliphatic rings. The summed E-state index contributed by atoms with van der Waals surface area (Å²) >= 11 is 3.41. The highest BCUT2D eigenvalue weighted by atomic mass is 79.9. The normalized spacial score (nSPS) is 17.5. The number of nitrogens with zero attached hydrogens (tertiary/aromatic N) is 2. The van der Waals surface area contributed by atoms with Crippen LogP contribution in [-0.4, -0.2) is 38.3 Å². The van der Waals surface area contributed by atoms with Gasteiger partial charge in [-0.25, -0.2) is 8.42 Å². The maximum atomic E-state index is 13.1. The standard InChI is InChI=1S/C19H19BrN2O3S/c20-17-8-7-15(26(24,25)21-10-3-4-11-21)13-16(17)19(23)22-12-9-14-5-1-2-6-18(14)22/h1-2,5-8,13H,3-4,9-12H2. The minimum absolute atomic E-state index is 0.179. The quantitative estimate of drug-likeness (QED) is 0.743. The third-order valence-electron chi connectivity index (χ3n) is 5.00. The van der Waals surface area contributed by atoms with Crippen molar-refractivity contribution in [3.05, 3.63) is 58.1 Å². The zero-order chi connectivity index (χ0) is 18.3. The molecule has 0 aliphatic carbocycles. The van der Waals surface area contributed by atoms with Crippen molar-refractivity contribution < 1.29 is 13.2 Å². The van der Waals surface area contributed by atoms with E-state index in [2.05, 4.69) is 15.9 Å². The van der Waals surface area contributed by atoms with Crippen LogP contribution >= 0.6 is 15.9 Å². The number of rotatable bonds is 3. The summed E-state index contributed by atoms with van der Waals surface area (Å²) in [4.78, 5) is 15.0. The van der Waals surface area contributed by atoms with Gasteiger partial charge in [0.05, 0.1) is 10.5 Å². The second-order valence-corrected chi connectivity index (χ2v) is 9.38. The summed E-state index contributed by atoms with van der Waals surface area (Å²) in [6.45, 7) is 1.69. The van der Waals surface area contributed by atoms with E-state index in [0.29, 0.717) is 29.7 Å². The molecule has 1 fully saturated rings. The zero-order valence-corrected chi connectivity index (χ0v) is 16.6. The first-order valence-corrected chi connectivity index (χ1v) is 10.9. The van der Waals surface area contributed by atoms with Gasteiger partial charge in [0.2, 0.25) is 10.0 Å². The lowest BCUT2D eigenvalue weighted by atomic mass is 10.1. The predicted octanol–water partition coefficient (Wildman–Crippen LogP) is 3.44. The summed E-state index contributed by atoms with van der Waals surface area (Å²) in [5.74, 6) is -0.180. The Kier molecular flexibility index (Phi) is 4.62. The average molecular weight is 435 g/mol. The Morgan fingerprint density at radius 1 is 1.00 bits per heavy atom. The molecule has 136 valence electrons. The smallest absolute Gasteiger partial charge is 0.259 e. The maximum absolute atomic E-state index is 13.1. The van der Waals surface area contributed by atoms with Crippen LogP contribution in [-0.2, 0) is 16.4 Å². The molecule has 26 heavy (non-hydrogen) atoms. The van der Waals surface area contributed by atoms with Gasteiger partial charge in [-0.05, 0) is 65.0 Å². The van der Waals surface area contributed by atoms with Gasteiger partial charge in [0.25, 0.3) is 5.91 Å². The summed E-state index contributed by atoms with van der Waals surface area (Å²) < 4.78 is 27.8. The van der Waals surface area contributed by atoms with Crippen LogP contribution in [0.2, 0.25) is 0 Å². The van der Waals surface area contributed by atoms with E-state index in [0.717, 1.165) is 30.5 Å². The molecule has 0 bridgehead atoms. The van der Waals surface area contributed by atoms with Crippen LogP contribution in [0.5, 0.6) is 0 Å². The number of sulfonamides is 1. The molecule has 0 spiro atoms. The largest absolute Gasteiger partial charge is 0.308 e. The van der Waals surface area contributed by atoms with Gasteiger partial charge in [-0.15, -0.1) is 0 Å². The number of amides is 1. The van der Waals surface area contributed by atoms with Gasteiger partial charge in [-0.1, -0.05) is 18.2 Å². The molecule has 1 amide bonds. The van der Waals surface area contributed by atoms with E-state index in [-0.39, 0.29) is 10.8 Å². The molecular weight excluding hydrogens is 416 g/mol. The highest BCUT2D eigenvalue weighted by Crippen LogP contribution is 2.32. The fourth-order valence-electron chi connectivity index (χ4n) is 3.60. The van der Waals surface area contributed by atoms with Gasteiger partial charge in [0, 0.05) is 29.8 Å². The number of anilines is 1. The van der Waals surface area contributed by atoms with Gasteiger partial charge in [-0.2, -0.15) is 4.31 Å². The van der Waals surface area contributed by atoms with Crippen LogP contribution in [0.1, 0.15) is 28.8 Å². The Hall–Kier alpha value is -1.70. The molecule has 0 aromatic heterocycles. The average Bonchev–Trinajstić information content (AvgIpc) is 3.31. The molecule has 5 nitrogen and oxygen atoms in total. The van der Waals surface area contributed by atoms with Crippen molar-refractivity contribution in [1.82, 2.24) is 4.31 Å². The Morgan fingerprint density at radius 2 is 1.73 bits per heavy atom. The first-order valence-electron chi connectivity index (χ1n) is 8.68. The van der Waals surface area contributed by atoms with Gasteiger partial charge < -0.3 is 4.90 Å². The molecule has 2 heterocycles. The molecule has 0 N–H and O–H groups in total. The summed E-state index contributed by atoms with van der Waals surface area (Å²) in [6, 6.07) is 12.5. The lowest BCUT2D eigenvalue weighted by Crippen LogP contribution is -2.30. The van der Waals surface area contributed by atoms with Crippen molar-refractivity contribution in [1.29, 1.82) is 0 Å². The summed E-state index contributed by atoms with van der Waals surface area (Å²) in [5, 5.41) is 0. The molecular formula is C19H19BrN2O3S. The maximum Gasteiger partial charge on any atom is 0.259 e. The third kappa shape index (κ3) is 2.98. The van der Waals surface area contributed by atoms with E-state index in [4.69, 9.17) is 0 Å². The first kappa shape index (κ1) is 17.7. The van der Waals surface area contributed by atoms with Crippen LogP contribution in [0.25, 0.3) is 0 Å². The number of para-hydroxylation sites is 1. The molecule has 0 atom stereocenters. The molecule has 0 radical (unpaired) electrons.